The second-order valence-electron chi connectivity index (χ2n) is 9.86. The van der Waals surface area contributed by atoms with Gasteiger partial charge in [0.25, 0.3) is 17.4 Å². The molecule has 190 valence electrons. The van der Waals surface area contributed by atoms with Crippen molar-refractivity contribution in [2.24, 2.45) is 0 Å². The van der Waals surface area contributed by atoms with Gasteiger partial charge in [-0.2, -0.15) is 5.10 Å². The summed E-state index contributed by atoms with van der Waals surface area (Å²) in [6.07, 6.45) is 0. The number of carbonyl (C=O) groups excluding carboxylic acids is 2. The topological polar surface area (TPSA) is 104 Å². The Morgan fingerprint density at radius 2 is 1.57 bits per heavy atom. The van der Waals surface area contributed by atoms with Crippen molar-refractivity contribution in [3.63, 3.8) is 0 Å². The number of anilines is 1. The Balaban J connectivity index is 1.70. The highest BCUT2D eigenvalue weighted by molar-refractivity contribution is 6.07. The van der Waals surface area contributed by atoms with E-state index in [1.807, 2.05) is 24.3 Å². The maximum atomic E-state index is 13.7. The van der Waals surface area contributed by atoms with Gasteiger partial charge in [0.1, 0.15) is 11.8 Å². The number of likely N-dealkylation sites (N-methyl/N-ethyl adjacent to an activating group) is 1. The predicted octanol–water partition coefficient (Wildman–Crippen LogP) is 4.68. The van der Waals surface area contributed by atoms with E-state index in [2.05, 4.69) is 36.3 Å². The smallest absolute Gasteiger partial charge is 0.275 e. The fraction of sp³-hybridized carbons (Fsp3) is 0.241. The first kappa shape index (κ1) is 25.6. The highest BCUT2D eigenvalue weighted by atomic mass is 16.5. The molecule has 2 amide bonds. The van der Waals surface area contributed by atoms with E-state index < -0.39 is 23.4 Å². The highest BCUT2D eigenvalue weighted by Gasteiger charge is 2.31. The lowest BCUT2D eigenvalue weighted by Crippen LogP contribution is -2.39. The van der Waals surface area contributed by atoms with E-state index in [4.69, 9.17) is 4.74 Å². The van der Waals surface area contributed by atoms with Crippen molar-refractivity contribution in [1.29, 1.82) is 0 Å². The quantitative estimate of drug-likeness (QED) is 0.402. The molecule has 1 aromatic heterocycles. The van der Waals surface area contributed by atoms with E-state index >= 15 is 0 Å². The molecule has 0 saturated heterocycles. The number of hydrogen-bond acceptors (Lipinski definition) is 5. The van der Waals surface area contributed by atoms with Crippen LogP contribution in [-0.2, 0) is 10.2 Å². The molecular formula is C29H30N4O4. The fourth-order valence-corrected chi connectivity index (χ4v) is 4.16. The zero-order chi connectivity index (χ0) is 26.7. The number of amides is 2. The van der Waals surface area contributed by atoms with Gasteiger partial charge < -0.3 is 15.0 Å². The molecule has 0 spiro atoms. The summed E-state index contributed by atoms with van der Waals surface area (Å²) in [5, 5.41) is 10.1. The standard InChI is InChI=1S/C29H30N4O4/c1-29(2,3)19-12-14-20(15-13-19)30-27(35)25(18-10-16-21(37-5)17-11-18)33(4)28(36)24-22-8-6-7-9-23(22)26(34)32-31-24/h6-17,25H,1-5H3,(H,30,35)(H,32,34). The van der Waals surface area contributed by atoms with Crippen molar-refractivity contribution in [3.8, 4) is 5.75 Å². The Kier molecular flexibility index (Phi) is 7.11. The van der Waals surface area contributed by atoms with Gasteiger partial charge in [-0.1, -0.05) is 63.2 Å². The number of methoxy groups -OCH3 is 1. The summed E-state index contributed by atoms with van der Waals surface area (Å²) in [4.78, 5) is 40.8. The number of nitrogens with one attached hydrogen (secondary N) is 2. The molecule has 37 heavy (non-hydrogen) atoms. The fourth-order valence-electron chi connectivity index (χ4n) is 4.16. The van der Waals surface area contributed by atoms with Crippen LogP contribution in [0.1, 0.15) is 48.4 Å². The predicted molar refractivity (Wildman–Crippen MR) is 144 cm³/mol. The number of rotatable bonds is 6. The molecule has 1 atom stereocenters. The van der Waals surface area contributed by atoms with Crippen molar-refractivity contribution in [2.75, 3.05) is 19.5 Å². The SMILES string of the molecule is COc1ccc(C(C(=O)Nc2ccc(C(C)(C)C)cc2)N(C)C(=O)c2n[nH]c(=O)c3ccccc23)cc1. The van der Waals surface area contributed by atoms with Gasteiger partial charge in [-0.05, 0) is 46.9 Å². The minimum absolute atomic E-state index is 0.0206. The van der Waals surface area contributed by atoms with E-state index in [1.54, 1.807) is 62.7 Å². The van der Waals surface area contributed by atoms with Crippen molar-refractivity contribution in [2.45, 2.75) is 32.2 Å². The van der Waals surface area contributed by atoms with Crippen molar-refractivity contribution in [1.82, 2.24) is 15.1 Å². The number of aromatic amines is 1. The molecule has 0 bridgehead atoms. The maximum absolute atomic E-state index is 13.7. The first-order valence-corrected chi connectivity index (χ1v) is 11.9. The Bertz CT molecular complexity index is 1490. The van der Waals surface area contributed by atoms with Crippen LogP contribution in [0, 0.1) is 0 Å². The third-order valence-corrected chi connectivity index (χ3v) is 6.30. The summed E-state index contributed by atoms with van der Waals surface area (Å²) < 4.78 is 5.26. The monoisotopic (exact) mass is 498 g/mol. The van der Waals surface area contributed by atoms with Crippen LogP contribution in [0.15, 0.2) is 77.6 Å². The summed E-state index contributed by atoms with van der Waals surface area (Å²) in [5.41, 5.74) is 1.99. The van der Waals surface area contributed by atoms with Crippen LogP contribution in [0.5, 0.6) is 5.75 Å². The van der Waals surface area contributed by atoms with Crippen LogP contribution < -0.4 is 15.6 Å². The summed E-state index contributed by atoms with van der Waals surface area (Å²) >= 11 is 0. The van der Waals surface area contributed by atoms with E-state index in [0.717, 1.165) is 5.56 Å². The van der Waals surface area contributed by atoms with E-state index in [0.29, 0.717) is 27.8 Å². The molecule has 0 aliphatic heterocycles. The Morgan fingerprint density at radius 1 is 0.946 bits per heavy atom. The van der Waals surface area contributed by atoms with Gasteiger partial charge in [0.15, 0.2) is 5.69 Å². The van der Waals surface area contributed by atoms with Crippen LogP contribution in [0.4, 0.5) is 5.69 Å². The van der Waals surface area contributed by atoms with Crippen LogP contribution in [0.2, 0.25) is 0 Å². The van der Waals surface area contributed by atoms with Crippen molar-refractivity contribution < 1.29 is 14.3 Å². The average Bonchev–Trinajstić information content (AvgIpc) is 2.89. The molecule has 4 rings (SSSR count). The Hall–Kier alpha value is -4.46. The summed E-state index contributed by atoms with van der Waals surface area (Å²) in [6.45, 7) is 6.36. The lowest BCUT2D eigenvalue weighted by molar-refractivity contribution is -0.120. The molecule has 1 heterocycles. The van der Waals surface area contributed by atoms with Crippen LogP contribution >= 0.6 is 0 Å². The third kappa shape index (κ3) is 5.38. The first-order chi connectivity index (χ1) is 17.6. The van der Waals surface area contributed by atoms with Crippen LogP contribution in [0.3, 0.4) is 0 Å². The largest absolute Gasteiger partial charge is 0.497 e. The number of nitrogens with zero attached hydrogens (tertiary/aromatic N) is 2. The highest BCUT2D eigenvalue weighted by Crippen LogP contribution is 2.28. The van der Waals surface area contributed by atoms with Gasteiger partial charge >= 0.3 is 0 Å². The molecule has 4 aromatic rings. The number of carbonyl (C=O) groups is 2. The lowest BCUT2D eigenvalue weighted by Gasteiger charge is -2.28. The molecule has 0 fully saturated rings. The zero-order valence-corrected chi connectivity index (χ0v) is 21.5. The summed E-state index contributed by atoms with van der Waals surface area (Å²) in [6, 6.07) is 20.4. The second kappa shape index (κ2) is 10.3. The van der Waals surface area contributed by atoms with Gasteiger partial charge in [-0.25, -0.2) is 5.10 Å². The normalized spacial score (nSPS) is 12.1. The van der Waals surface area contributed by atoms with E-state index in [9.17, 15) is 14.4 Å². The van der Waals surface area contributed by atoms with Crippen molar-refractivity contribution in [3.05, 3.63) is 100.0 Å². The average molecular weight is 499 g/mol. The van der Waals surface area contributed by atoms with Gasteiger partial charge in [0, 0.05) is 18.1 Å². The number of H-pyrrole nitrogens is 1. The Labute approximate surface area is 215 Å². The molecule has 1 unspecified atom stereocenters. The minimum Gasteiger partial charge on any atom is -0.497 e. The summed E-state index contributed by atoms with van der Waals surface area (Å²) in [5.74, 6) is -0.271. The first-order valence-electron chi connectivity index (χ1n) is 11.9. The Morgan fingerprint density at radius 3 is 2.16 bits per heavy atom. The number of fused-ring (bicyclic) bond motifs is 1. The summed E-state index contributed by atoms with van der Waals surface area (Å²) in [7, 11) is 3.10. The molecule has 0 saturated carbocycles. The second-order valence-corrected chi connectivity index (χ2v) is 9.86. The number of aromatic nitrogens is 2. The van der Waals surface area contributed by atoms with Gasteiger partial charge in [0.05, 0.1) is 12.5 Å². The van der Waals surface area contributed by atoms with Gasteiger partial charge in [0.2, 0.25) is 0 Å². The lowest BCUT2D eigenvalue weighted by atomic mass is 9.87. The molecular weight excluding hydrogens is 468 g/mol. The molecule has 3 aromatic carbocycles. The molecule has 2 N–H and O–H groups in total. The molecule has 0 aliphatic carbocycles. The van der Waals surface area contributed by atoms with Crippen LogP contribution in [-0.4, -0.2) is 41.1 Å². The van der Waals surface area contributed by atoms with E-state index in [1.165, 1.54) is 4.90 Å². The minimum atomic E-state index is -0.979. The maximum Gasteiger partial charge on any atom is 0.275 e. The number of benzene rings is 3. The molecule has 0 radical (unpaired) electrons. The number of hydrogen-bond donors (Lipinski definition) is 2. The van der Waals surface area contributed by atoms with Crippen LogP contribution in [0.25, 0.3) is 10.8 Å². The molecule has 0 aliphatic rings. The zero-order valence-electron chi connectivity index (χ0n) is 21.5. The van der Waals surface area contributed by atoms with E-state index in [-0.39, 0.29) is 11.1 Å². The van der Waals surface area contributed by atoms with Gasteiger partial charge in [-0.3, -0.25) is 14.4 Å². The molecule has 8 nitrogen and oxygen atoms in total. The molecule has 8 heteroatoms. The third-order valence-electron chi connectivity index (χ3n) is 6.30. The number of ether oxygens (including phenoxy) is 1. The van der Waals surface area contributed by atoms with Crippen molar-refractivity contribution >= 4 is 28.3 Å². The van der Waals surface area contributed by atoms with Gasteiger partial charge in [-0.15, -0.1) is 0 Å².